The highest BCUT2D eigenvalue weighted by Gasteiger charge is 2.32. The van der Waals surface area contributed by atoms with E-state index in [1.54, 1.807) is 0 Å². The molecule has 2 aromatic rings. The lowest BCUT2D eigenvalue weighted by Crippen LogP contribution is -2.30. The van der Waals surface area contributed by atoms with Crippen LogP contribution in [0.25, 0.3) is 0 Å². The molecular weight excluding hydrogens is 705 g/mol. The molecule has 1 aliphatic carbocycles. The lowest BCUT2D eigenvalue weighted by Gasteiger charge is -2.25. The van der Waals surface area contributed by atoms with Gasteiger partial charge in [0.15, 0.2) is 0 Å². The number of hydrogen-bond acceptors (Lipinski definition) is 8. The Balaban J connectivity index is 1.18. The standard InChI is InChI=1S/C48H68O8/c1-3-45(49)53-37-21-17-13-9-5-7-11-15-19-23-39-25-33-43(34-26-39)55-47(51)41-29-31-42(32-30-41)48(52)56-44-35-27-40(28-36-44)24-20-16-12-8-6-10-14-18-22-38-54-46(50)4-2/h3-4,25-28,33-36,41-42H,1-2,5-24,29-32,37-38H2/t41-,42-. The predicted molar refractivity (Wildman–Crippen MR) is 222 cm³/mol. The van der Waals surface area contributed by atoms with Crippen LogP contribution in [0.3, 0.4) is 0 Å². The molecule has 0 bridgehead atoms. The Morgan fingerprint density at radius 3 is 1.04 bits per heavy atom. The normalized spacial score (nSPS) is 15.1. The van der Waals surface area contributed by atoms with Gasteiger partial charge in [0.2, 0.25) is 0 Å². The average molecular weight is 773 g/mol. The fourth-order valence-electron chi connectivity index (χ4n) is 7.21. The summed E-state index contributed by atoms with van der Waals surface area (Å²) in [6, 6.07) is 15.8. The summed E-state index contributed by atoms with van der Waals surface area (Å²) in [7, 11) is 0. The van der Waals surface area contributed by atoms with Crippen molar-refractivity contribution < 1.29 is 38.1 Å². The molecule has 0 heterocycles. The molecule has 0 atom stereocenters. The third kappa shape index (κ3) is 20.6. The fourth-order valence-corrected chi connectivity index (χ4v) is 7.21. The van der Waals surface area contributed by atoms with Gasteiger partial charge in [-0.2, -0.15) is 0 Å². The van der Waals surface area contributed by atoms with E-state index in [0.29, 0.717) is 50.4 Å². The number of rotatable bonds is 30. The summed E-state index contributed by atoms with van der Waals surface area (Å²) in [5.41, 5.74) is 2.51. The summed E-state index contributed by atoms with van der Waals surface area (Å²) in [6.45, 7) is 7.77. The van der Waals surface area contributed by atoms with Crippen LogP contribution in [0.4, 0.5) is 0 Å². The molecule has 2 aromatic carbocycles. The molecule has 0 unspecified atom stereocenters. The predicted octanol–water partition coefficient (Wildman–Crippen LogP) is 11.6. The highest BCUT2D eigenvalue weighted by molar-refractivity contribution is 5.81. The van der Waals surface area contributed by atoms with Crippen molar-refractivity contribution in [2.45, 2.75) is 154 Å². The van der Waals surface area contributed by atoms with Crippen LogP contribution in [0.1, 0.15) is 152 Å². The van der Waals surface area contributed by atoms with Crippen LogP contribution in [0.2, 0.25) is 0 Å². The smallest absolute Gasteiger partial charge is 0.330 e. The van der Waals surface area contributed by atoms with Crippen molar-refractivity contribution in [3.8, 4) is 11.5 Å². The average Bonchev–Trinajstić information content (AvgIpc) is 3.22. The van der Waals surface area contributed by atoms with Crippen LogP contribution >= 0.6 is 0 Å². The molecule has 0 radical (unpaired) electrons. The topological polar surface area (TPSA) is 105 Å². The first-order valence-electron chi connectivity index (χ1n) is 21.6. The summed E-state index contributed by atoms with van der Waals surface area (Å²) < 4.78 is 21.4. The highest BCUT2D eigenvalue weighted by atomic mass is 16.5. The lowest BCUT2D eigenvalue weighted by molar-refractivity contribution is -0.145. The Kier molecular flexibility index (Phi) is 24.0. The van der Waals surface area contributed by atoms with Crippen molar-refractivity contribution >= 4 is 23.9 Å². The van der Waals surface area contributed by atoms with Gasteiger partial charge in [0, 0.05) is 12.2 Å². The van der Waals surface area contributed by atoms with E-state index in [9.17, 15) is 19.2 Å². The molecule has 0 spiro atoms. The number of aryl methyl sites for hydroxylation is 2. The van der Waals surface area contributed by atoms with E-state index < -0.39 is 0 Å². The van der Waals surface area contributed by atoms with E-state index in [1.807, 2.05) is 24.3 Å². The first kappa shape index (κ1) is 46.2. The van der Waals surface area contributed by atoms with Gasteiger partial charge in [-0.1, -0.05) is 127 Å². The number of ether oxygens (including phenoxy) is 4. The minimum absolute atomic E-state index is 0.202. The van der Waals surface area contributed by atoms with E-state index in [-0.39, 0.29) is 35.7 Å². The molecule has 56 heavy (non-hydrogen) atoms. The number of carbonyl (C=O) groups excluding carboxylic acids is 4. The Labute approximate surface area is 336 Å². The maximum atomic E-state index is 12.9. The van der Waals surface area contributed by atoms with Crippen LogP contribution in [0.5, 0.6) is 11.5 Å². The molecule has 3 rings (SSSR count). The summed E-state index contributed by atoms with van der Waals surface area (Å²) >= 11 is 0. The molecule has 1 saturated carbocycles. The number of carbonyl (C=O) groups is 4. The zero-order valence-electron chi connectivity index (χ0n) is 34.0. The van der Waals surface area contributed by atoms with Gasteiger partial charge >= 0.3 is 23.9 Å². The molecule has 308 valence electrons. The second-order valence-electron chi connectivity index (χ2n) is 15.3. The van der Waals surface area contributed by atoms with Gasteiger partial charge in [-0.05, 0) is 99.6 Å². The van der Waals surface area contributed by atoms with Gasteiger partial charge in [-0.25, -0.2) is 9.59 Å². The molecule has 0 aromatic heterocycles. The van der Waals surface area contributed by atoms with Crippen LogP contribution in [0, 0.1) is 11.8 Å². The summed E-state index contributed by atoms with van der Waals surface area (Å²) in [4.78, 5) is 47.9. The minimum atomic E-state index is -0.341. The van der Waals surface area contributed by atoms with Crippen LogP contribution in [-0.2, 0) is 41.5 Å². The van der Waals surface area contributed by atoms with Gasteiger partial charge in [0.05, 0.1) is 25.0 Å². The SMILES string of the molecule is C=CC(=O)OCCCCCCCCCCCc1ccc(OC(=O)[C@H]2CC[C@H](C(=O)Oc3ccc(CCCCCCCCCCCOC(=O)C=C)cc3)CC2)cc1. The van der Waals surface area contributed by atoms with Gasteiger partial charge in [-0.3, -0.25) is 9.59 Å². The summed E-state index contributed by atoms with van der Waals surface area (Å²) in [6.07, 6.45) is 28.0. The summed E-state index contributed by atoms with van der Waals surface area (Å²) in [5, 5.41) is 0. The Morgan fingerprint density at radius 1 is 0.446 bits per heavy atom. The molecule has 1 fully saturated rings. The quantitative estimate of drug-likeness (QED) is 0.0334. The van der Waals surface area contributed by atoms with Gasteiger partial charge < -0.3 is 18.9 Å². The van der Waals surface area contributed by atoms with Gasteiger partial charge in [0.1, 0.15) is 11.5 Å². The number of hydrogen-bond donors (Lipinski definition) is 0. The van der Waals surface area contributed by atoms with E-state index >= 15 is 0 Å². The van der Waals surface area contributed by atoms with Crippen molar-refractivity contribution in [3.63, 3.8) is 0 Å². The first-order chi connectivity index (χ1) is 27.4. The van der Waals surface area contributed by atoms with E-state index in [2.05, 4.69) is 37.4 Å². The lowest BCUT2D eigenvalue weighted by atomic mass is 9.82. The molecule has 0 aliphatic heterocycles. The zero-order chi connectivity index (χ0) is 40.1. The largest absolute Gasteiger partial charge is 0.463 e. The monoisotopic (exact) mass is 772 g/mol. The first-order valence-corrected chi connectivity index (χ1v) is 21.6. The van der Waals surface area contributed by atoms with Crippen molar-refractivity contribution in [3.05, 3.63) is 85.0 Å². The van der Waals surface area contributed by atoms with Crippen LogP contribution in [-0.4, -0.2) is 37.1 Å². The van der Waals surface area contributed by atoms with Gasteiger partial charge in [-0.15, -0.1) is 0 Å². The molecule has 8 nitrogen and oxygen atoms in total. The van der Waals surface area contributed by atoms with Crippen LogP contribution in [0.15, 0.2) is 73.8 Å². The maximum absolute atomic E-state index is 12.9. The van der Waals surface area contributed by atoms with Crippen molar-refractivity contribution in [2.75, 3.05) is 13.2 Å². The number of esters is 4. The fraction of sp³-hybridized carbons (Fsp3) is 0.583. The molecule has 8 heteroatoms. The number of benzene rings is 2. The zero-order valence-corrected chi connectivity index (χ0v) is 34.0. The highest BCUT2D eigenvalue weighted by Crippen LogP contribution is 2.31. The van der Waals surface area contributed by atoms with Gasteiger partial charge in [0.25, 0.3) is 0 Å². The third-order valence-electron chi connectivity index (χ3n) is 10.7. The van der Waals surface area contributed by atoms with Crippen molar-refractivity contribution in [1.29, 1.82) is 0 Å². The third-order valence-corrected chi connectivity index (χ3v) is 10.7. The summed E-state index contributed by atoms with van der Waals surface area (Å²) in [5.74, 6) is -0.361. The van der Waals surface area contributed by atoms with E-state index in [0.717, 1.165) is 51.4 Å². The van der Waals surface area contributed by atoms with Crippen molar-refractivity contribution in [2.24, 2.45) is 11.8 Å². The van der Waals surface area contributed by atoms with Crippen molar-refractivity contribution in [1.82, 2.24) is 0 Å². The van der Waals surface area contributed by atoms with E-state index in [1.165, 1.54) is 100 Å². The maximum Gasteiger partial charge on any atom is 0.330 e. The second-order valence-corrected chi connectivity index (χ2v) is 15.3. The molecule has 0 amide bonds. The van der Waals surface area contributed by atoms with E-state index in [4.69, 9.17) is 18.9 Å². The molecule has 1 aliphatic rings. The Hall–Kier alpha value is -4.20. The molecule has 0 saturated heterocycles. The molecular formula is C48H68O8. The Morgan fingerprint density at radius 2 is 0.732 bits per heavy atom. The number of unbranched alkanes of at least 4 members (excludes halogenated alkanes) is 16. The second kappa shape index (κ2) is 29.1. The van der Waals surface area contributed by atoms with Crippen LogP contribution < -0.4 is 9.47 Å². The minimum Gasteiger partial charge on any atom is -0.463 e. The molecule has 0 N–H and O–H groups in total. The Bertz CT molecular complexity index is 1310.